The van der Waals surface area contributed by atoms with Crippen molar-refractivity contribution < 1.29 is 9.90 Å². The predicted octanol–water partition coefficient (Wildman–Crippen LogP) is 2.59. The summed E-state index contributed by atoms with van der Waals surface area (Å²) in [5, 5.41) is 12.4. The molecule has 0 spiro atoms. The van der Waals surface area contributed by atoms with Crippen LogP contribution in [0.25, 0.3) is 0 Å². The van der Waals surface area contributed by atoms with Crippen molar-refractivity contribution in [2.45, 2.75) is 19.4 Å². The van der Waals surface area contributed by atoms with E-state index in [-0.39, 0.29) is 11.7 Å². The van der Waals surface area contributed by atoms with E-state index in [9.17, 15) is 9.90 Å². The third-order valence-corrected chi connectivity index (χ3v) is 3.17. The second-order valence-corrected chi connectivity index (χ2v) is 4.58. The van der Waals surface area contributed by atoms with Crippen molar-refractivity contribution in [3.8, 4) is 5.75 Å². The Morgan fingerprint density at radius 2 is 1.95 bits per heavy atom. The molecule has 0 aliphatic rings. The number of hydrogen-bond acceptors (Lipinski definition) is 3. The fourth-order valence-electron chi connectivity index (χ4n) is 1.93. The number of benzene rings is 2. The average Bonchev–Trinajstić information content (AvgIpc) is 2.49. The van der Waals surface area contributed by atoms with Crippen molar-refractivity contribution in [3.63, 3.8) is 0 Å². The van der Waals surface area contributed by atoms with Gasteiger partial charge in [-0.25, -0.2) is 0 Å². The lowest BCUT2D eigenvalue weighted by Gasteiger charge is -2.14. The molecule has 0 heterocycles. The molecule has 104 valence electrons. The van der Waals surface area contributed by atoms with Crippen LogP contribution in [0.1, 0.15) is 24.1 Å². The van der Waals surface area contributed by atoms with Gasteiger partial charge in [-0.2, -0.15) is 0 Å². The van der Waals surface area contributed by atoms with Crippen LogP contribution in [-0.2, 0) is 11.2 Å². The highest BCUT2D eigenvalue weighted by Crippen LogP contribution is 2.25. The zero-order valence-electron chi connectivity index (χ0n) is 11.3. The van der Waals surface area contributed by atoms with Gasteiger partial charge in [-0.3, -0.25) is 4.79 Å². The summed E-state index contributed by atoms with van der Waals surface area (Å²) in [6, 6.07) is 13.5. The molecule has 0 unspecified atom stereocenters. The van der Waals surface area contributed by atoms with Gasteiger partial charge in [0.2, 0.25) is 5.91 Å². The Morgan fingerprint density at radius 1 is 1.25 bits per heavy atom. The number of phenolic OH excluding ortho intramolecular Hbond substituents is 1. The van der Waals surface area contributed by atoms with Gasteiger partial charge in [0.15, 0.2) is 0 Å². The maximum absolute atomic E-state index is 12.1. The molecule has 0 saturated carbocycles. The maximum atomic E-state index is 12.1. The number of nitrogens with one attached hydrogen (secondary N) is 1. The smallest absolute Gasteiger partial charge is 0.245 e. The molecule has 0 saturated heterocycles. The van der Waals surface area contributed by atoms with Gasteiger partial charge in [0, 0.05) is 0 Å². The van der Waals surface area contributed by atoms with Crippen molar-refractivity contribution in [1.82, 2.24) is 0 Å². The Kier molecular flexibility index (Phi) is 4.38. The molecular weight excluding hydrogens is 252 g/mol. The molecule has 20 heavy (non-hydrogen) atoms. The quantitative estimate of drug-likeness (QED) is 0.747. The Labute approximate surface area is 118 Å². The zero-order valence-corrected chi connectivity index (χ0v) is 11.3. The summed E-state index contributed by atoms with van der Waals surface area (Å²) < 4.78 is 0. The minimum atomic E-state index is -0.763. The first-order chi connectivity index (χ1) is 9.61. The lowest BCUT2D eigenvalue weighted by molar-refractivity contribution is -0.117. The van der Waals surface area contributed by atoms with E-state index in [1.807, 2.05) is 31.2 Å². The Morgan fingerprint density at radius 3 is 2.60 bits per heavy atom. The van der Waals surface area contributed by atoms with Crippen LogP contribution in [0.4, 0.5) is 5.69 Å². The summed E-state index contributed by atoms with van der Waals surface area (Å²) in [4.78, 5) is 12.1. The van der Waals surface area contributed by atoms with Gasteiger partial charge < -0.3 is 16.2 Å². The number of anilines is 1. The molecule has 4 N–H and O–H groups in total. The van der Waals surface area contributed by atoms with Crippen molar-refractivity contribution in [2.24, 2.45) is 5.73 Å². The first kappa shape index (κ1) is 14.1. The molecular formula is C16H18N2O2. The summed E-state index contributed by atoms with van der Waals surface area (Å²) in [6.07, 6.45) is 0.827. The minimum Gasteiger partial charge on any atom is -0.506 e. The first-order valence-electron chi connectivity index (χ1n) is 6.55. The molecule has 0 radical (unpaired) electrons. The summed E-state index contributed by atoms with van der Waals surface area (Å²) >= 11 is 0. The van der Waals surface area contributed by atoms with E-state index in [0.29, 0.717) is 5.69 Å². The number of rotatable bonds is 4. The molecule has 4 heteroatoms. The summed E-state index contributed by atoms with van der Waals surface area (Å²) in [5.74, 6) is -0.310. The van der Waals surface area contributed by atoms with Gasteiger partial charge in [-0.15, -0.1) is 0 Å². The Hall–Kier alpha value is -2.33. The normalized spacial score (nSPS) is 11.9. The fraction of sp³-hybridized carbons (Fsp3) is 0.188. The predicted molar refractivity (Wildman–Crippen MR) is 79.5 cm³/mol. The number of carbonyl (C=O) groups excluding carboxylic acids is 1. The maximum Gasteiger partial charge on any atom is 0.245 e. The second kappa shape index (κ2) is 6.21. The van der Waals surface area contributed by atoms with Crippen LogP contribution in [0.15, 0.2) is 48.5 Å². The molecule has 2 aromatic rings. The van der Waals surface area contributed by atoms with Gasteiger partial charge in [-0.05, 0) is 29.7 Å². The number of aryl methyl sites for hydroxylation is 1. The van der Waals surface area contributed by atoms with E-state index in [4.69, 9.17) is 5.73 Å². The highest BCUT2D eigenvalue weighted by molar-refractivity contribution is 5.96. The third kappa shape index (κ3) is 3.16. The van der Waals surface area contributed by atoms with E-state index in [1.54, 1.807) is 24.3 Å². The van der Waals surface area contributed by atoms with E-state index >= 15 is 0 Å². The van der Waals surface area contributed by atoms with Crippen LogP contribution in [0, 0.1) is 0 Å². The molecule has 0 aliphatic heterocycles. The largest absolute Gasteiger partial charge is 0.506 e. The number of amides is 1. The van der Waals surface area contributed by atoms with Crippen molar-refractivity contribution in [1.29, 1.82) is 0 Å². The van der Waals surface area contributed by atoms with Crippen LogP contribution in [-0.4, -0.2) is 11.0 Å². The summed E-state index contributed by atoms with van der Waals surface area (Å²) in [5.41, 5.74) is 8.07. The van der Waals surface area contributed by atoms with Crippen molar-refractivity contribution >= 4 is 11.6 Å². The summed E-state index contributed by atoms with van der Waals surface area (Å²) in [7, 11) is 0. The molecule has 0 bridgehead atoms. The number of nitrogens with two attached hydrogens (primary N) is 1. The van der Waals surface area contributed by atoms with Crippen LogP contribution in [0.3, 0.4) is 0 Å². The lowest BCUT2D eigenvalue weighted by Crippen LogP contribution is -2.27. The summed E-state index contributed by atoms with van der Waals surface area (Å²) in [6.45, 7) is 2.01. The third-order valence-electron chi connectivity index (χ3n) is 3.17. The molecule has 2 aromatic carbocycles. The van der Waals surface area contributed by atoms with Crippen LogP contribution in [0.5, 0.6) is 5.75 Å². The highest BCUT2D eigenvalue weighted by Gasteiger charge is 2.16. The minimum absolute atomic E-state index is 0.0378. The van der Waals surface area contributed by atoms with Gasteiger partial charge in [0.05, 0.1) is 5.69 Å². The van der Waals surface area contributed by atoms with E-state index in [1.165, 1.54) is 0 Å². The van der Waals surface area contributed by atoms with E-state index < -0.39 is 6.04 Å². The van der Waals surface area contributed by atoms with E-state index in [0.717, 1.165) is 17.5 Å². The molecule has 4 nitrogen and oxygen atoms in total. The number of hydrogen-bond donors (Lipinski definition) is 3. The number of aromatic hydroxyl groups is 1. The molecule has 0 aliphatic carbocycles. The molecule has 0 fully saturated rings. The topological polar surface area (TPSA) is 75.3 Å². The molecule has 1 amide bonds. The van der Waals surface area contributed by atoms with Crippen LogP contribution < -0.4 is 11.1 Å². The highest BCUT2D eigenvalue weighted by atomic mass is 16.3. The van der Waals surface area contributed by atoms with Crippen LogP contribution in [0.2, 0.25) is 0 Å². The van der Waals surface area contributed by atoms with Gasteiger partial charge in [0.25, 0.3) is 0 Å². The number of phenols is 1. The second-order valence-electron chi connectivity index (χ2n) is 4.58. The fourth-order valence-corrected chi connectivity index (χ4v) is 1.93. The molecule has 0 aromatic heterocycles. The monoisotopic (exact) mass is 270 g/mol. The van der Waals surface area contributed by atoms with Crippen molar-refractivity contribution in [3.05, 3.63) is 59.7 Å². The molecule has 2 rings (SSSR count). The molecule has 1 atom stereocenters. The van der Waals surface area contributed by atoms with Crippen LogP contribution >= 0.6 is 0 Å². The Bertz CT molecular complexity index is 597. The number of carbonyl (C=O) groups is 1. The van der Waals surface area contributed by atoms with E-state index in [2.05, 4.69) is 5.32 Å². The zero-order chi connectivity index (χ0) is 14.5. The SMILES string of the molecule is CCc1ccc(O)c(NC(=O)[C@@H](N)c2ccccc2)c1. The lowest BCUT2D eigenvalue weighted by atomic mass is 10.1. The average molecular weight is 270 g/mol. The van der Waals surface area contributed by atoms with Gasteiger partial charge in [0.1, 0.15) is 11.8 Å². The Balaban J connectivity index is 2.15. The standard InChI is InChI=1S/C16H18N2O2/c1-2-11-8-9-14(19)13(10-11)18-16(20)15(17)12-6-4-3-5-7-12/h3-10,15,19H,2,17H2,1H3,(H,18,20)/t15-/m0/s1. The first-order valence-corrected chi connectivity index (χ1v) is 6.55. The van der Waals surface area contributed by atoms with Crippen molar-refractivity contribution in [2.75, 3.05) is 5.32 Å². The van der Waals surface area contributed by atoms with Gasteiger partial charge in [-0.1, -0.05) is 43.3 Å². The van der Waals surface area contributed by atoms with Gasteiger partial charge >= 0.3 is 0 Å².